The Hall–Kier alpha value is -0.280. The molecule has 0 aliphatic carbocycles. The van der Waals surface area contributed by atoms with Gasteiger partial charge in [0.05, 0.1) is 26.4 Å². The number of rotatable bonds is 7. The molecule has 0 aromatic carbocycles. The molecular formula is C7H21N3O4. The van der Waals surface area contributed by atoms with Crippen LogP contribution in [0.1, 0.15) is 0 Å². The zero-order valence-electron chi connectivity index (χ0n) is 8.56. The van der Waals surface area contributed by atoms with Crippen LogP contribution >= 0.6 is 0 Å². The lowest BCUT2D eigenvalue weighted by molar-refractivity contribution is -0.356. The summed E-state index contributed by atoms with van der Waals surface area (Å²) in [6, 6.07) is 0. The van der Waals surface area contributed by atoms with Crippen LogP contribution in [0.2, 0.25) is 0 Å². The lowest BCUT2D eigenvalue weighted by Gasteiger charge is -2.13. The lowest BCUT2D eigenvalue weighted by Crippen LogP contribution is -2.22. The molecule has 0 aromatic heterocycles. The highest BCUT2D eigenvalue weighted by molar-refractivity contribution is 4.26. The highest BCUT2D eigenvalue weighted by atomic mass is 16.9. The van der Waals surface area contributed by atoms with Crippen LogP contribution in [-0.2, 0) is 9.68 Å². The Balaban J connectivity index is 0. The Morgan fingerprint density at radius 2 is 1.36 bits per heavy atom. The minimum atomic E-state index is -0.0488. The van der Waals surface area contributed by atoms with Crippen LogP contribution in [0, 0.1) is 0 Å². The van der Waals surface area contributed by atoms with E-state index < -0.39 is 0 Å². The van der Waals surface area contributed by atoms with Crippen molar-refractivity contribution in [2.24, 2.45) is 11.5 Å². The van der Waals surface area contributed by atoms with Crippen molar-refractivity contribution in [2.75, 3.05) is 46.6 Å². The third-order valence-electron chi connectivity index (χ3n) is 0.895. The third-order valence-corrected chi connectivity index (χ3v) is 0.895. The normalized spacial score (nSPS) is 9.86. The maximum atomic E-state index is 8.28. The van der Waals surface area contributed by atoms with E-state index in [0.29, 0.717) is 13.1 Å². The maximum absolute atomic E-state index is 8.28. The predicted molar refractivity (Wildman–Crippen MR) is 51.9 cm³/mol. The molecule has 7 nitrogen and oxygen atoms in total. The molecule has 0 aliphatic heterocycles. The number of nitrogens with two attached hydrogens (primary N) is 2. The van der Waals surface area contributed by atoms with Crippen LogP contribution in [0.25, 0.3) is 0 Å². The van der Waals surface area contributed by atoms with Crippen molar-refractivity contribution in [3.8, 4) is 0 Å². The van der Waals surface area contributed by atoms with Crippen molar-refractivity contribution >= 4 is 0 Å². The van der Waals surface area contributed by atoms with E-state index >= 15 is 0 Å². The summed E-state index contributed by atoms with van der Waals surface area (Å²) in [4.78, 5) is 9.49. The molecule has 0 amide bonds. The number of nitrogens with zero attached hydrogens (tertiary/aromatic N) is 1. The molecule has 0 unspecified atom stereocenters. The SMILES string of the molecule is CN(OCCO)OCCO.NCCN. The molecular weight excluding hydrogens is 190 g/mol. The first-order valence-corrected chi connectivity index (χ1v) is 4.34. The molecule has 0 heterocycles. The van der Waals surface area contributed by atoms with Crippen LogP contribution in [-0.4, -0.2) is 62.0 Å². The highest BCUT2D eigenvalue weighted by Crippen LogP contribution is 1.85. The van der Waals surface area contributed by atoms with E-state index in [1.54, 1.807) is 7.05 Å². The Bertz CT molecular complexity index is 87.0. The molecule has 6 N–H and O–H groups in total. The van der Waals surface area contributed by atoms with Gasteiger partial charge in [0.2, 0.25) is 0 Å². The molecule has 88 valence electrons. The predicted octanol–water partition coefficient (Wildman–Crippen LogP) is -2.33. The standard InChI is InChI=1S/C5H13NO4.C2H8N2/c1-6(9-4-2-7)10-5-3-8;3-1-2-4/h7-8H,2-5H2,1H3;1-4H2. The highest BCUT2D eigenvalue weighted by Gasteiger charge is 1.95. The topological polar surface area (TPSA) is 114 Å². The van der Waals surface area contributed by atoms with E-state index in [2.05, 4.69) is 0 Å². The Morgan fingerprint density at radius 3 is 1.57 bits per heavy atom. The van der Waals surface area contributed by atoms with E-state index in [9.17, 15) is 0 Å². The van der Waals surface area contributed by atoms with Crippen molar-refractivity contribution in [1.29, 1.82) is 0 Å². The minimum absolute atomic E-state index is 0.0488. The summed E-state index contributed by atoms with van der Waals surface area (Å²) < 4.78 is 0. The fraction of sp³-hybridized carbons (Fsp3) is 1.00. The van der Waals surface area contributed by atoms with Crippen LogP contribution < -0.4 is 11.5 Å². The van der Waals surface area contributed by atoms with Crippen molar-refractivity contribution < 1.29 is 19.9 Å². The van der Waals surface area contributed by atoms with Crippen molar-refractivity contribution in [1.82, 2.24) is 5.23 Å². The van der Waals surface area contributed by atoms with Gasteiger partial charge in [-0.25, -0.2) is 0 Å². The zero-order chi connectivity index (χ0) is 11.2. The first kappa shape index (κ1) is 16.2. The number of aliphatic hydroxyl groups excluding tert-OH is 2. The van der Waals surface area contributed by atoms with Crippen LogP contribution in [0.15, 0.2) is 0 Å². The largest absolute Gasteiger partial charge is 0.394 e. The molecule has 0 saturated heterocycles. The average Bonchev–Trinajstić information content (AvgIpc) is 2.23. The van der Waals surface area contributed by atoms with E-state index in [-0.39, 0.29) is 26.4 Å². The Kier molecular flexibility index (Phi) is 17.6. The summed E-state index contributed by atoms with van der Waals surface area (Å²) in [6.07, 6.45) is 0. The number of hydrogen-bond donors (Lipinski definition) is 4. The van der Waals surface area contributed by atoms with Gasteiger partial charge in [0.15, 0.2) is 0 Å². The van der Waals surface area contributed by atoms with Gasteiger partial charge in [-0.05, 0) is 0 Å². The Labute approximate surface area is 84.1 Å². The lowest BCUT2D eigenvalue weighted by atomic mass is 10.7. The zero-order valence-corrected chi connectivity index (χ0v) is 8.56. The number of hydroxylamine groups is 2. The van der Waals surface area contributed by atoms with Gasteiger partial charge in [0.1, 0.15) is 0 Å². The summed E-state index contributed by atoms with van der Waals surface area (Å²) in [5.41, 5.74) is 9.81. The first-order valence-electron chi connectivity index (χ1n) is 4.34. The van der Waals surface area contributed by atoms with Gasteiger partial charge < -0.3 is 21.7 Å². The van der Waals surface area contributed by atoms with Gasteiger partial charge in [0, 0.05) is 20.1 Å². The van der Waals surface area contributed by atoms with Gasteiger partial charge in [0.25, 0.3) is 0 Å². The summed E-state index contributed by atoms with van der Waals surface area (Å²) in [7, 11) is 1.55. The fourth-order valence-corrected chi connectivity index (χ4v) is 0.376. The summed E-state index contributed by atoms with van der Waals surface area (Å²) in [5, 5.41) is 17.7. The van der Waals surface area contributed by atoms with E-state index in [0.717, 1.165) is 5.23 Å². The number of hydrogen-bond acceptors (Lipinski definition) is 7. The van der Waals surface area contributed by atoms with Gasteiger partial charge in [-0.3, -0.25) is 9.68 Å². The second-order valence-corrected chi connectivity index (χ2v) is 2.13. The second-order valence-electron chi connectivity index (χ2n) is 2.13. The van der Waals surface area contributed by atoms with Gasteiger partial charge in [-0.15, -0.1) is 0 Å². The molecule has 0 fully saturated rings. The monoisotopic (exact) mass is 211 g/mol. The van der Waals surface area contributed by atoms with Crippen LogP contribution in [0.5, 0.6) is 0 Å². The molecule has 0 atom stereocenters. The van der Waals surface area contributed by atoms with Crippen molar-refractivity contribution in [3.63, 3.8) is 0 Å². The van der Waals surface area contributed by atoms with Crippen molar-refractivity contribution in [2.45, 2.75) is 0 Å². The fourth-order valence-electron chi connectivity index (χ4n) is 0.376. The Morgan fingerprint density at radius 1 is 1.00 bits per heavy atom. The molecule has 0 radical (unpaired) electrons. The average molecular weight is 211 g/mol. The van der Waals surface area contributed by atoms with Crippen LogP contribution in [0.3, 0.4) is 0 Å². The van der Waals surface area contributed by atoms with Gasteiger partial charge in [-0.1, -0.05) is 5.23 Å². The molecule has 0 rings (SSSR count). The molecule has 0 saturated carbocycles. The molecule has 14 heavy (non-hydrogen) atoms. The minimum Gasteiger partial charge on any atom is -0.394 e. The molecule has 0 bridgehead atoms. The number of aliphatic hydroxyl groups is 2. The molecule has 0 aromatic rings. The molecule has 0 spiro atoms. The molecule has 7 heteroatoms. The maximum Gasteiger partial charge on any atom is 0.0942 e. The summed E-state index contributed by atoms with van der Waals surface area (Å²) in [6.45, 7) is 1.49. The first-order chi connectivity index (χ1) is 6.72. The summed E-state index contributed by atoms with van der Waals surface area (Å²) >= 11 is 0. The van der Waals surface area contributed by atoms with Crippen LogP contribution in [0.4, 0.5) is 0 Å². The third kappa shape index (κ3) is 17.7. The van der Waals surface area contributed by atoms with Gasteiger partial charge >= 0.3 is 0 Å². The van der Waals surface area contributed by atoms with Gasteiger partial charge in [-0.2, -0.15) is 0 Å². The van der Waals surface area contributed by atoms with E-state index in [4.69, 9.17) is 31.4 Å². The van der Waals surface area contributed by atoms with E-state index in [1.165, 1.54) is 0 Å². The molecule has 0 aliphatic rings. The second kappa shape index (κ2) is 15.2. The quantitative estimate of drug-likeness (QED) is 0.349. The van der Waals surface area contributed by atoms with E-state index in [1.807, 2.05) is 0 Å². The summed E-state index contributed by atoms with van der Waals surface area (Å²) in [5.74, 6) is 0. The van der Waals surface area contributed by atoms with Crippen molar-refractivity contribution in [3.05, 3.63) is 0 Å². The smallest absolute Gasteiger partial charge is 0.0942 e.